The third kappa shape index (κ3) is 4.06. The minimum absolute atomic E-state index is 0.101. The van der Waals surface area contributed by atoms with Crippen LogP contribution in [0.5, 0.6) is 0 Å². The second kappa shape index (κ2) is 7.10. The molecule has 6 heteroatoms. The van der Waals surface area contributed by atoms with Crippen molar-refractivity contribution in [3.8, 4) is 0 Å². The third-order valence-electron chi connectivity index (χ3n) is 2.58. The molecular weight excluding hydrogens is 284 g/mol. The van der Waals surface area contributed by atoms with Gasteiger partial charge in [0.25, 0.3) is 0 Å². The van der Waals surface area contributed by atoms with Gasteiger partial charge in [-0.15, -0.1) is 0 Å². The van der Waals surface area contributed by atoms with Gasteiger partial charge >= 0.3 is 0 Å². The lowest BCUT2D eigenvalue weighted by Crippen LogP contribution is -2.31. The van der Waals surface area contributed by atoms with Gasteiger partial charge in [0.15, 0.2) is 0 Å². The molecule has 1 unspecified atom stereocenters. The Labute approximate surface area is 111 Å². The molecule has 1 aromatic heterocycles. The van der Waals surface area contributed by atoms with Gasteiger partial charge in [-0.3, -0.25) is 16.0 Å². The Morgan fingerprint density at radius 3 is 2.82 bits per heavy atom. The Bertz CT molecular complexity index is 340. The van der Waals surface area contributed by atoms with Gasteiger partial charge in [-0.25, -0.2) is 0 Å². The summed E-state index contributed by atoms with van der Waals surface area (Å²) in [5, 5.41) is 4.32. The molecule has 98 valence electrons. The second-order valence-electron chi connectivity index (χ2n) is 4.44. The van der Waals surface area contributed by atoms with E-state index in [0.717, 1.165) is 23.1 Å². The van der Waals surface area contributed by atoms with E-state index < -0.39 is 0 Å². The average molecular weight is 305 g/mol. The summed E-state index contributed by atoms with van der Waals surface area (Å²) in [6.45, 7) is 5.72. The van der Waals surface area contributed by atoms with Crippen molar-refractivity contribution in [2.75, 3.05) is 13.7 Å². The van der Waals surface area contributed by atoms with Crippen LogP contribution in [0.4, 0.5) is 0 Å². The number of nitrogens with one attached hydrogen (secondary N) is 1. The molecule has 0 aliphatic heterocycles. The van der Waals surface area contributed by atoms with Crippen molar-refractivity contribution in [1.29, 1.82) is 0 Å². The Hall–Kier alpha value is -0.430. The number of rotatable bonds is 7. The first-order chi connectivity index (χ1) is 8.10. The molecule has 17 heavy (non-hydrogen) atoms. The van der Waals surface area contributed by atoms with E-state index in [2.05, 4.69) is 40.3 Å². The fourth-order valence-electron chi connectivity index (χ4n) is 1.80. The van der Waals surface area contributed by atoms with Gasteiger partial charge in [0.1, 0.15) is 0 Å². The Balaban J connectivity index is 2.88. The molecule has 0 spiro atoms. The molecular formula is C11H21BrN4O. The molecule has 3 N–H and O–H groups in total. The van der Waals surface area contributed by atoms with Crippen LogP contribution in [0, 0.1) is 5.92 Å². The summed E-state index contributed by atoms with van der Waals surface area (Å²) in [6.07, 6.45) is 2.77. The van der Waals surface area contributed by atoms with Crippen LogP contribution in [0.3, 0.4) is 0 Å². The number of aromatic nitrogens is 2. The Morgan fingerprint density at radius 1 is 1.59 bits per heavy atom. The van der Waals surface area contributed by atoms with Crippen molar-refractivity contribution in [1.82, 2.24) is 15.2 Å². The maximum atomic E-state index is 5.64. The maximum Gasteiger partial charge on any atom is 0.0710 e. The normalized spacial score (nSPS) is 13.3. The lowest BCUT2D eigenvalue weighted by molar-refractivity contribution is 0.181. The molecule has 0 saturated carbocycles. The van der Waals surface area contributed by atoms with Gasteiger partial charge < -0.3 is 4.74 Å². The highest BCUT2D eigenvalue weighted by atomic mass is 79.9. The minimum atomic E-state index is 0.101. The highest BCUT2D eigenvalue weighted by molar-refractivity contribution is 9.10. The number of nitrogens with two attached hydrogens (primary N) is 1. The van der Waals surface area contributed by atoms with Crippen molar-refractivity contribution in [2.45, 2.75) is 32.9 Å². The number of methoxy groups -OCH3 is 1. The molecule has 0 radical (unpaired) electrons. The molecule has 1 heterocycles. The standard InChI is InChI=1S/C11H21BrN4O/c1-8(2)6-10(15-13)11-9(12)7-14-16(11)4-5-17-3/h7-8,10,15H,4-6,13H2,1-3H3. The quantitative estimate of drug-likeness (QED) is 0.596. The first-order valence-corrected chi connectivity index (χ1v) is 6.55. The third-order valence-corrected chi connectivity index (χ3v) is 3.19. The molecule has 1 aromatic rings. The summed E-state index contributed by atoms with van der Waals surface area (Å²) < 4.78 is 7.99. The van der Waals surface area contributed by atoms with E-state index in [4.69, 9.17) is 10.6 Å². The van der Waals surface area contributed by atoms with Gasteiger partial charge in [0.2, 0.25) is 0 Å². The molecule has 0 amide bonds. The molecule has 1 atom stereocenters. The number of halogens is 1. The zero-order chi connectivity index (χ0) is 12.8. The topological polar surface area (TPSA) is 65.1 Å². The fourth-order valence-corrected chi connectivity index (χ4v) is 2.38. The van der Waals surface area contributed by atoms with Crippen molar-refractivity contribution in [2.24, 2.45) is 11.8 Å². The van der Waals surface area contributed by atoms with Crippen LogP contribution in [-0.4, -0.2) is 23.5 Å². The largest absolute Gasteiger partial charge is 0.383 e. The van der Waals surface area contributed by atoms with Crippen molar-refractivity contribution in [3.05, 3.63) is 16.4 Å². The van der Waals surface area contributed by atoms with E-state index in [1.807, 2.05) is 4.68 Å². The molecule has 0 saturated heterocycles. The number of ether oxygens (including phenoxy) is 1. The number of nitrogens with zero attached hydrogens (tertiary/aromatic N) is 2. The Kier molecular flexibility index (Phi) is 6.11. The molecule has 0 aliphatic carbocycles. The van der Waals surface area contributed by atoms with Crippen LogP contribution < -0.4 is 11.3 Å². The van der Waals surface area contributed by atoms with Crippen LogP contribution in [0.2, 0.25) is 0 Å². The fraction of sp³-hybridized carbons (Fsp3) is 0.727. The second-order valence-corrected chi connectivity index (χ2v) is 5.30. The first-order valence-electron chi connectivity index (χ1n) is 5.76. The smallest absolute Gasteiger partial charge is 0.0710 e. The van der Waals surface area contributed by atoms with Gasteiger partial charge in [-0.2, -0.15) is 5.10 Å². The Morgan fingerprint density at radius 2 is 2.29 bits per heavy atom. The zero-order valence-electron chi connectivity index (χ0n) is 10.6. The number of hydrazine groups is 1. The van der Waals surface area contributed by atoms with Crippen LogP contribution in [0.25, 0.3) is 0 Å². The van der Waals surface area contributed by atoms with Gasteiger partial charge in [0.05, 0.1) is 35.6 Å². The van der Waals surface area contributed by atoms with E-state index in [0.29, 0.717) is 12.5 Å². The van der Waals surface area contributed by atoms with Crippen LogP contribution in [0.15, 0.2) is 10.7 Å². The van der Waals surface area contributed by atoms with E-state index in [1.165, 1.54) is 0 Å². The lowest BCUT2D eigenvalue weighted by Gasteiger charge is -2.20. The molecule has 0 fully saturated rings. The minimum Gasteiger partial charge on any atom is -0.383 e. The summed E-state index contributed by atoms with van der Waals surface area (Å²) in [7, 11) is 1.69. The highest BCUT2D eigenvalue weighted by Gasteiger charge is 2.19. The molecule has 0 bridgehead atoms. The lowest BCUT2D eigenvalue weighted by atomic mass is 10.0. The summed E-state index contributed by atoms with van der Waals surface area (Å²) in [5.74, 6) is 6.20. The molecule has 0 aromatic carbocycles. The van der Waals surface area contributed by atoms with Crippen molar-refractivity contribution < 1.29 is 4.74 Å². The zero-order valence-corrected chi connectivity index (χ0v) is 12.2. The van der Waals surface area contributed by atoms with Crippen LogP contribution >= 0.6 is 15.9 Å². The number of hydrogen-bond donors (Lipinski definition) is 2. The first kappa shape index (κ1) is 14.6. The summed E-state index contributed by atoms with van der Waals surface area (Å²) in [4.78, 5) is 0. The van der Waals surface area contributed by atoms with Crippen molar-refractivity contribution in [3.63, 3.8) is 0 Å². The summed E-state index contributed by atoms with van der Waals surface area (Å²) >= 11 is 3.52. The van der Waals surface area contributed by atoms with Crippen LogP contribution in [-0.2, 0) is 11.3 Å². The molecule has 5 nitrogen and oxygen atoms in total. The molecule has 0 aliphatic rings. The highest BCUT2D eigenvalue weighted by Crippen LogP contribution is 2.27. The number of hydrogen-bond acceptors (Lipinski definition) is 4. The maximum absolute atomic E-state index is 5.64. The summed E-state index contributed by atoms with van der Waals surface area (Å²) in [5.41, 5.74) is 3.94. The van der Waals surface area contributed by atoms with Crippen molar-refractivity contribution >= 4 is 15.9 Å². The average Bonchev–Trinajstić information content (AvgIpc) is 2.64. The predicted molar refractivity (Wildman–Crippen MR) is 71.3 cm³/mol. The van der Waals surface area contributed by atoms with Gasteiger partial charge in [0, 0.05) is 7.11 Å². The van der Waals surface area contributed by atoms with Crippen LogP contribution in [0.1, 0.15) is 32.0 Å². The predicted octanol–water partition coefficient (Wildman–Crippen LogP) is 1.84. The van der Waals surface area contributed by atoms with E-state index in [-0.39, 0.29) is 6.04 Å². The van der Waals surface area contributed by atoms with E-state index in [9.17, 15) is 0 Å². The molecule has 1 rings (SSSR count). The van der Waals surface area contributed by atoms with E-state index >= 15 is 0 Å². The van der Waals surface area contributed by atoms with E-state index in [1.54, 1.807) is 13.3 Å². The monoisotopic (exact) mass is 304 g/mol. The summed E-state index contributed by atoms with van der Waals surface area (Å²) in [6, 6.07) is 0.101. The van der Waals surface area contributed by atoms with Gasteiger partial charge in [-0.05, 0) is 28.3 Å². The van der Waals surface area contributed by atoms with Gasteiger partial charge in [-0.1, -0.05) is 13.8 Å². The SMILES string of the molecule is COCCn1ncc(Br)c1C(CC(C)C)NN.